The minimum Gasteiger partial charge on any atom is -0.354 e. The van der Waals surface area contributed by atoms with Gasteiger partial charge in [-0.05, 0) is 19.3 Å². The summed E-state index contributed by atoms with van der Waals surface area (Å²) in [4.78, 5) is 15.9. The van der Waals surface area contributed by atoms with E-state index in [0.717, 1.165) is 18.5 Å². The van der Waals surface area contributed by atoms with Crippen LogP contribution in [0.3, 0.4) is 0 Å². The summed E-state index contributed by atoms with van der Waals surface area (Å²) in [5, 5.41) is 13.8. The molecule has 1 aliphatic carbocycles. The highest BCUT2D eigenvalue weighted by atomic mass is 32.1. The zero-order valence-corrected chi connectivity index (χ0v) is 9.72. The molecule has 1 saturated carbocycles. The molecule has 5 heteroatoms. The van der Waals surface area contributed by atoms with Crippen LogP contribution in [-0.4, -0.2) is 17.4 Å². The molecule has 1 fully saturated rings. The van der Waals surface area contributed by atoms with Crippen LogP contribution < -0.4 is 5.32 Å². The third-order valence-electron chi connectivity index (χ3n) is 3.01. The Morgan fingerprint density at radius 3 is 3.00 bits per heavy atom. The molecule has 4 nitrogen and oxygen atoms in total. The summed E-state index contributed by atoms with van der Waals surface area (Å²) in [5.74, 6) is -0.114. The van der Waals surface area contributed by atoms with Crippen LogP contribution in [0, 0.1) is 16.7 Å². The molecule has 0 atom stereocenters. The van der Waals surface area contributed by atoms with Crippen molar-refractivity contribution in [2.45, 2.75) is 25.7 Å². The van der Waals surface area contributed by atoms with E-state index < -0.39 is 5.41 Å². The Bertz CT molecular complexity index is 403. The van der Waals surface area contributed by atoms with E-state index in [2.05, 4.69) is 16.4 Å². The van der Waals surface area contributed by atoms with Gasteiger partial charge in [-0.15, -0.1) is 11.3 Å². The predicted octanol–water partition coefficient (Wildman–Crippen LogP) is 1.50. The molecular formula is C11H13N3OS. The van der Waals surface area contributed by atoms with Gasteiger partial charge in [0.2, 0.25) is 5.91 Å². The Morgan fingerprint density at radius 1 is 1.69 bits per heavy atom. The molecule has 0 unspecified atom stereocenters. The number of carbonyl (C=O) groups excluding carboxylic acids is 1. The van der Waals surface area contributed by atoms with Crippen molar-refractivity contribution in [3.8, 4) is 6.07 Å². The van der Waals surface area contributed by atoms with E-state index in [9.17, 15) is 4.79 Å². The summed E-state index contributed by atoms with van der Waals surface area (Å²) in [5.41, 5.74) is 2.03. The standard InChI is InChI=1S/C11H13N3OS/c12-7-11(3-1-4-11)10(15)13-5-2-9-6-16-8-14-9/h6,8H,1-5H2,(H,13,15). The number of nitrogens with zero attached hydrogens (tertiary/aromatic N) is 2. The fourth-order valence-corrected chi connectivity index (χ4v) is 2.35. The normalized spacial score (nSPS) is 17.2. The lowest BCUT2D eigenvalue weighted by molar-refractivity contribution is -0.131. The highest BCUT2D eigenvalue weighted by Crippen LogP contribution is 2.40. The number of carbonyl (C=O) groups is 1. The third-order valence-corrected chi connectivity index (χ3v) is 3.64. The number of hydrogen-bond acceptors (Lipinski definition) is 4. The predicted molar refractivity (Wildman–Crippen MR) is 60.7 cm³/mol. The minimum absolute atomic E-state index is 0.114. The van der Waals surface area contributed by atoms with Gasteiger partial charge < -0.3 is 5.32 Å². The summed E-state index contributed by atoms with van der Waals surface area (Å²) in [7, 11) is 0. The Kier molecular flexibility index (Phi) is 3.20. The van der Waals surface area contributed by atoms with Gasteiger partial charge in [0.05, 0.1) is 17.3 Å². The van der Waals surface area contributed by atoms with Crippen molar-refractivity contribution in [1.82, 2.24) is 10.3 Å². The van der Waals surface area contributed by atoms with Gasteiger partial charge in [0.25, 0.3) is 0 Å². The van der Waals surface area contributed by atoms with E-state index in [1.54, 1.807) is 16.8 Å². The number of hydrogen-bond donors (Lipinski definition) is 1. The molecule has 1 heterocycles. The molecule has 84 valence electrons. The zero-order chi connectivity index (χ0) is 11.4. The van der Waals surface area contributed by atoms with E-state index in [4.69, 9.17) is 5.26 Å². The highest BCUT2D eigenvalue weighted by molar-refractivity contribution is 7.07. The number of amides is 1. The van der Waals surface area contributed by atoms with Gasteiger partial charge in [0.1, 0.15) is 5.41 Å². The van der Waals surface area contributed by atoms with Crippen LogP contribution in [-0.2, 0) is 11.2 Å². The Labute approximate surface area is 98.3 Å². The molecule has 1 aromatic rings. The molecule has 0 aliphatic heterocycles. The number of rotatable bonds is 4. The Balaban J connectivity index is 1.78. The van der Waals surface area contributed by atoms with E-state index in [-0.39, 0.29) is 5.91 Å². The van der Waals surface area contributed by atoms with Crippen molar-refractivity contribution in [3.63, 3.8) is 0 Å². The average Bonchev–Trinajstić information content (AvgIpc) is 2.70. The number of aromatic nitrogens is 1. The van der Waals surface area contributed by atoms with Crippen LogP contribution in [0.5, 0.6) is 0 Å². The van der Waals surface area contributed by atoms with Gasteiger partial charge in [-0.25, -0.2) is 4.98 Å². The first-order valence-electron chi connectivity index (χ1n) is 5.33. The SMILES string of the molecule is N#CC1(C(=O)NCCc2cscn2)CCC1. The second-order valence-corrected chi connectivity index (χ2v) is 4.75. The van der Waals surface area contributed by atoms with Gasteiger partial charge in [-0.1, -0.05) is 0 Å². The lowest BCUT2D eigenvalue weighted by atomic mass is 9.69. The first-order chi connectivity index (χ1) is 7.77. The van der Waals surface area contributed by atoms with Crippen molar-refractivity contribution < 1.29 is 4.79 Å². The van der Waals surface area contributed by atoms with E-state index in [0.29, 0.717) is 19.4 Å². The van der Waals surface area contributed by atoms with Crippen LogP contribution in [0.25, 0.3) is 0 Å². The summed E-state index contributed by atoms with van der Waals surface area (Å²) >= 11 is 1.55. The molecule has 1 aromatic heterocycles. The minimum atomic E-state index is -0.734. The lowest BCUT2D eigenvalue weighted by Gasteiger charge is -2.33. The summed E-state index contributed by atoms with van der Waals surface area (Å²) < 4.78 is 0. The smallest absolute Gasteiger partial charge is 0.240 e. The van der Waals surface area contributed by atoms with Crippen molar-refractivity contribution in [2.24, 2.45) is 5.41 Å². The van der Waals surface area contributed by atoms with E-state index >= 15 is 0 Å². The maximum atomic E-state index is 11.8. The maximum Gasteiger partial charge on any atom is 0.240 e. The van der Waals surface area contributed by atoms with Crippen LogP contribution in [0.2, 0.25) is 0 Å². The zero-order valence-electron chi connectivity index (χ0n) is 8.90. The number of nitriles is 1. The molecule has 16 heavy (non-hydrogen) atoms. The fraction of sp³-hybridized carbons (Fsp3) is 0.545. The van der Waals surface area contributed by atoms with Crippen molar-refractivity contribution in [3.05, 3.63) is 16.6 Å². The first-order valence-corrected chi connectivity index (χ1v) is 6.28. The number of thiazole rings is 1. The second kappa shape index (κ2) is 4.62. The quantitative estimate of drug-likeness (QED) is 0.860. The summed E-state index contributed by atoms with van der Waals surface area (Å²) in [6.07, 6.45) is 3.11. The van der Waals surface area contributed by atoms with Crippen LogP contribution >= 0.6 is 11.3 Å². The van der Waals surface area contributed by atoms with Crippen molar-refractivity contribution >= 4 is 17.2 Å². The Morgan fingerprint density at radius 2 is 2.50 bits per heavy atom. The molecule has 1 amide bonds. The van der Waals surface area contributed by atoms with Gasteiger partial charge in [-0.2, -0.15) is 5.26 Å². The molecule has 2 rings (SSSR count). The van der Waals surface area contributed by atoms with Crippen LogP contribution in [0.1, 0.15) is 25.0 Å². The first kappa shape index (κ1) is 11.1. The summed E-state index contributed by atoms with van der Waals surface area (Å²) in [6, 6.07) is 2.13. The molecule has 0 saturated heterocycles. The van der Waals surface area contributed by atoms with E-state index in [1.807, 2.05) is 5.38 Å². The largest absolute Gasteiger partial charge is 0.354 e. The van der Waals surface area contributed by atoms with Crippen LogP contribution in [0.15, 0.2) is 10.9 Å². The van der Waals surface area contributed by atoms with Crippen molar-refractivity contribution in [2.75, 3.05) is 6.54 Å². The second-order valence-electron chi connectivity index (χ2n) is 4.03. The van der Waals surface area contributed by atoms with Gasteiger partial charge >= 0.3 is 0 Å². The molecule has 1 aliphatic rings. The molecule has 0 bridgehead atoms. The molecule has 0 aromatic carbocycles. The number of nitrogens with one attached hydrogen (secondary N) is 1. The molecule has 0 spiro atoms. The topological polar surface area (TPSA) is 65.8 Å². The van der Waals surface area contributed by atoms with Gasteiger partial charge in [0, 0.05) is 18.3 Å². The molecule has 0 radical (unpaired) electrons. The van der Waals surface area contributed by atoms with Crippen LogP contribution in [0.4, 0.5) is 0 Å². The average molecular weight is 235 g/mol. The fourth-order valence-electron chi connectivity index (χ4n) is 1.75. The Hall–Kier alpha value is -1.41. The van der Waals surface area contributed by atoms with Gasteiger partial charge in [0.15, 0.2) is 0 Å². The summed E-state index contributed by atoms with van der Waals surface area (Å²) in [6.45, 7) is 0.562. The lowest BCUT2D eigenvalue weighted by Crippen LogP contribution is -2.45. The third kappa shape index (κ3) is 2.07. The highest BCUT2D eigenvalue weighted by Gasteiger charge is 2.44. The van der Waals surface area contributed by atoms with Crippen molar-refractivity contribution in [1.29, 1.82) is 5.26 Å². The van der Waals surface area contributed by atoms with E-state index in [1.165, 1.54) is 0 Å². The molecule has 1 N–H and O–H groups in total. The monoisotopic (exact) mass is 235 g/mol. The molecular weight excluding hydrogens is 222 g/mol. The maximum absolute atomic E-state index is 11.8. The van der Waals surface area contributed by atoms with Gasteiger partial charge in [-0.3, -0.25) is 4.79 Å².